The van der Waals surface area contributed by atoms with Crippen molar-refractivity contribution in [1.29, 1.82) is 0 Å². The molecule has 1 aliphatic rings. The Morgan fingerprint density at radius 3 is 2.78 bits per heavy atom. The molecule has 0 saturated heterocycles. The summed E-state index contributed by atoms with van der Waals surface area (Å²) in [5.41, 5.74) is 6.98. The molecule has 1 fully saturated rings. The van der Waals surface area contributed by atoms with Crippen LogP contribution >= 0.6 is 11.6 Å². The lowest BCUT2D eigenvalue weighted by atomic mass is 10.0. The number of amides is 1. The second kappa shape index (κ2) is 8.88. The molecule has 2 aromatic carbocycles. The van der Waals surface area contributed by atoms with Gasteiger partial charge >= 0.3 is 0 Å². The molecule has 9 heteroatoms. The first-order valence-electron chi connectivity index (χ1n) is 10.4. The highest BCUT2D eigenvalue weighted by Crippen LogP contribution is 2.46. The number of fused-ring (bicyclic) bond motifs is 1. The number of halogens is 2. The van der Waals surface area contributed by atoms with Gasteiger partial charge in [0.25, 0.3) is 0 Å². The SMILES string of the molecule is CCN(Cc1cc2c(Nc3cccc(Cl)c3F)ncnc2cc1OC)CC1(C(N)=O)CC1. The highest BCUT2D eigenvalue weighted by Gasteiger charge is 2.49. The van der Waals surface area contributed by atoms with Crippen LogP contribution in [0.1, 0.15) is 25.3 Å². The predicted molar refractivity (Wildman–Crippen MR) is 123 cm³/mol. The number of nitrogens with zero attached hydrogens (tertiary/aromatic N) is 3. The van der Waals surface area contributed by atoms with E-state index >= 15 is 0 Å². The summed E-state index contributed by atoms with van der Waals surface area (Å²) in [6, 6.07) is 8.52. The standard InChI is InChI=1S/C23H25ClFN5O2/c1-3-30(12-23(7-8-23)22(26)31)11-14-9-15-18(10-19(14)32-2)27-13-28-21(15)29-17-6-4-5-16(24)20(17)25/h4-6,9-10,13H,3,7-8,11-12H2,1-2H3,(H2,26,31)(H,27,28,29). The van der Waals surface area contributed by atoms with Gasteiger partial charge < -0.3 is 15.8 Å². The molecule has 0 aliphatic heterocycles. The Balaban J connectivity index is 1.69. The molecule has 4 rings (SSSR count). The summed E-state index contributed by atoms with van der Waals surface area (Å²) in [7, 11) is 1.61. The van der Waals surface area contributed by atoms with Gasteiger partial charge in [-0.25, -0.2) is 14.4 Å². The normalized spacial score (nSPS) is 14.5. The first-order chi connectivity index (χ1) is 15.4. The van der Waals surface area contributed by atoms with Gasteiger partial charge in [0.15, 0.2) is 5.82 Å². The number of methoxy groups -OCH3 is 1. The van der Waals surface area contributed by atoms with Crippen molar-refractivity contribution in [3.8, 4) is 5.75 Å². The van der Waals surface area contributed by atoms with E-state index in [1.165, 1.54) is 12.4 Å². The minimum absolute atomic E-state index is 0.0257. The number of rotatable bonds is 9. The van der Waals surface area contributed by atoms with E-state index in [1.807, 2.05) is 19.1 Å². The van der Waals surface area contributed by atoms with E-state index in [0.29, 0.717) is 30.2 Å². The maximum absolute atomic E-state index is 14.4. The van der Waals surface area contributed by atoms with Gasteiger partial charge in [0, 0.05) is 30.1 Å². The number of benzene rings is 2. The van der Waals surface area contributed by atoms with Crippen LogP contribution in [-0.2, 0) is 11.3 Å². The first-order valence-corrected chi connectivity index (χ1v) is 10.8. The lowest BCUT2D eigenvalue weighted by Crippen LogP contribution is -2.37. The number of aromatic nitrogens is 2. The van der Waals surface area contributed by atoms with Crippen molar-refractivity contribution in [2.75, 3.05) is 25.5 Å². The quantitative estimate of drug-likeness (QED) is 0.498. The van der Waals surface area contributed by atoms with Crippen LogP contribution in [0.25, 0.3) is 10.9 Å². The van der Waals surface area contributed by atoms with Crippen molar-refractivity contribution in [2.45, 2.75) is 26.3 Å². The Morgan fingerprint density at radius 1 is 1.34 bits per heavy atom. The van der Waals surface area contributed by atoms with Crippen molar-refractivity contribution in [1.82, 2.24) is 14.9 Å². The number of carbonyl (C=O) groups excluding carboxylic acids is 1. The molecule has 1 aromatic heterocycles. The molecule has 1 aliphatic carbocycles. The highest BCUT2D eigenvalue weighted by atomic mass is 35.5. The van der Waals surface area contributed by atoms with E-state index in [2.05, 4.69) is 20.2 Å². The molecule has 0 atom stereocenters. The van der Waals surface area contributed by atoms with Gasteiger partial charge in [0.05, 0.1) is 28.8 Å². The third-order valence-corrected chi connectivity index (χ3v) is 6.28. The van der Waals surface area contributed by atoms with Gasteiger partial charge in [-0.05, 0) is 37.6 Å². The van der Waals surface area contributed by atoms with Crippen LogP contribution < -0.4 is 15.8 Å². The van der Waals surface area contributed by atoms with E-state index in [1.54, 1.807) is 19.2 Å². The van der Waals surface area contributed by atoms with Crippen LogP contribution in [0.2, 0.25) is 5.02 Å². The van der Waals surface area contributed by atoms with Crippen molar-refractivity contribution < 1.29 is 13.9 Å². The highest BCUT2D eigenvalue weighted by molar-refractivity contribution is 6.31. The molecule has 3 N–H and O–H groups in total. The minimum Gasteiger partial charge on any atom is -0.496 e. The van der Waals surface area contributed by atoms with Gasteiger partial charge in [0.1, 0.15) is 17.9 Å². The van der Waals surface area contributed by atoms with Crippen LogP contribution in [0.3, 0.4) is 0 Å². The predicted octanol–water partition coefficient (Wildman–Crippen LogP) is 4.26. The van der Waals surface area contributed by atoms with E-state index in [4.69, 9.17) is 22.1 Å². The Morgan fingerprint density at radius 2 is 2.12 bits per heavy atom. The summed E-state index contributed by atoms with van der Waals surface area (Å²) >= 11 is 5.91. The molecule has 32 heavy (non-hydrogen) atoms. The second-order valence-corrected chi connectivity index (χ2v) is 8.48. The molecule has 7 nitrogen and oxygen atoms in total. The number of carbonyl (C=O) groups is 1. The third-order valence-electron chi connectivity index (χ3n) is 5.99. The third kappa shape index (κ3) is 4.33. The molecule has 168 valence electrons. The smallest absolute Gasteiger partial charge is 0.224 e. The lowest BCUT2D eigenvalue weighted by molar-refractivity contribution is -0.123. The molecule has 1 amide bonds. The van der Waals surface area contributed by atoms with Gasteiger partial charge in [-0.15, -0.1) is 0 Å². The van der Waals surface area contributed by atoms with Crippen molar-refractivity contribution in [2.24, 2.45) is 11.1 Å². The largest absolute Gasteiger partial charge is 0.496 e. The van der Waals surface area contributed by atoms with Crippen LogP contribution in [-0.4, -0.2) is 41.0 Å². The fraction of sp³-hybridized carbons (Fsp3) is 0.348. The molecular formula is C23H25ClFN5O2. The number of anilines is 2. The van der Waals surface area contributed by atoms with Crippen LogP contribution in [0, 0.1) is 11.2 Å². The minimum atomic E-state index is -0.548. The van der Waals surface area contributed by atoms with Crippen molar-refractivity contribution in [3.05, 3.63) is 53.1 Å². The molecule has 1 saturated carbocycles. The summed E-state index contributed by atoms with van der Waals surface area (Å²) in [6.07, 6.45) is 3.05. The number of primary amides is 1. The number of nitrogens with two attached hydrogens (primary N) is 1. The van der Waals surface area contributed by atoms with E-state index in [9.17, 15) is 9.18 Å². The Labute approximate surface area is 190 Å². The van der Waals surface area contributed by atoms with E-state index in [-0.39, 0.29) is 16.6 Å². The number of ether oxygens (including phenoxy) is 1. The van der Waals surface area contributed by atoms with Crippen molar-refractivity contribution in [3.63, 3.8) is 0 Å². The van der Waals surface area contributed by atoms with Gasteiger partial charge in [-0.2, -0.15) is 0 Å². The summed E-state index contributed by atoms with van der Waals surface area (Å²) in [6.45, 7) is 3.96. The Hall–Kier alpha value is -2.97. The maximum Gasteiger partial charge on any atom is 0.224 e. The average Bonchev–Trinajstić information content (AvgIpc) is 3.57. The lowest BCUT2D eigenvalue weighted by Gasteiger charge is -2.25. The monoisotopic (exact) mass is 457 g/mol. The van der Waals surface area contributed by atoms with Gasteiger partial charge in [-0.3, -0.25) is 9.69 Å². The number of hydrogen-bond acceptors (Lipinski definition) is 6. The molecule has 0 spiro atoms. The Bertz CT molecular complexity index is 1170. The summed E-state index contributed by atoms with van der Waals surface area (Å²) in [5, 5.41) is 3.77. The fourth-order valence-corrected chi connectivity index (χ4v) is 4.03. The summed E-state index contributed by atoms with van der Waals surface area (Å²) < 4.78 is 20.0. The Kier molecular flexibility index (Phi) is 6.17. The number of hydrogen-bond donors (Lipinski definition) is 2. The molecule has 0 radical (unpaired) electrons. The summed E-state index contributed by atoms with van der Waals surface area (Å²) in [4.78, 5) is 22.7. The molecular weight excluding hydrogens is 433 g/mol. The molecule has 0 unspecified atom stereocenters. The van der Waals surface area contributed by atoms with E-state index in [0.717, 1.165) is 30.3 Å². The second-order valence-electron chi connectivity index (χ2n) is 8.08. The molecule has 1 heterocycles. The van der Waals surface area contributed by atoms with Crippen molar-refractivity contribution >= 4 is 39.9 Å². The summed E-state index contributed by atoms with van der Waals surface area (Å²) in [5.74, 6) is 0.343. The van der Waals surface area contributed by atoms with Crippen LogP contribution in [0.5, 0.6) is 5.75 Å². The number of nitrogens with one attached hydrogen (secondary N) is 1. The van der Waals surface area contributed by atoms with E-state index < -0.39 is 11.2 Å². The zero-order valence-electron chi connectivity index (χ0n) is 18.0. The first kappa shape index (κ1) is 22.2. The maximum atomic E-state index is 14.4. The van der Waals surface area contributed by atoms with Crippen LogP contribution in [0.15, 0.2) is 36.7 Å². The van der Waals surface area contributed by atoms with Gasteiger partial charge in [0.2, 0.25) is 5.91 Å². The molecule has 3 aromatic rings. The molecule has 0 bridgehead atoms. The van der Waals surface area contributed by atoms with Gasteiger partial charge in [-0.1, -0.05) is 24.6 Å². The van der Waals surface area contributed by atoms with Crippen LogP contribution in [0.4, 0.5) is 15.9 Å². The fourth-order valence-electron chi connectivity index (χ4n) is 3.85. The average molecular weight is 458 g/mol. The topological polar surface area (TPSA) is 93.4 Å². The zero-order chi connectivity index (χ0) is 22.9. The zero-order valence-corrected chi connectivity index (χ0v) is 18.7.